The minimum Gasteiger partial charge on any atom is -0.325 e. The molecule has 0 saturated heterocycles. The van der Waals surface area contributed by atoms with Gasteiger partial charge in [0.05, 0.1) is 21.0 Å². The van der Waals surface area contributed by atoms with Crippen molar-refractivity contribution in [3.63, 3.8) is 0 Å². The SMILES string of the molecule is CC(NS(=O)(=O)c1ccccc1)C(=O)Nc1ccc(Cl)c(Cl)c1. The molecule has 1 amide bonds. The van der Waals surface area contributed by atoms with Crippen LogP contribution in [0.25, 0.3) is 0 Å². The lowest BCUT2D eigenvalue weighted by atomic mass is 10.3. The molecule has 2 rings (SSSR count). The van der Waals surface area contributed by atoms with E-state index in [1.165, 1.54) is 31.2 Å². The Balaban J connectivity index is 2.06. The van der Waals surface area contributed by atoms with E-state index in [0.717, 1.165) is 0 Å². The Hall–Kier alpha value is -1.60. The molecule has 0 aromatic heterocycles. The lowest BCUT2D eigenvalue weighted by molar-refractivity contribution is -0.117. The zero-order chi connectivity index (χ0) is 17.0. The average Bonchev–Trinajstić information content (AvgIpc) is 2.51. The summed E-state index contributed by atoms with van der Waals surface area (Å²) in [5.41, 5.74) is 0.426. The highest BCUT2D eigenvalue weighted by Crippen LogP contribution is 2.25. The molecule has 1 unspecified atom stereocenters. The maximum atomic E-state index is 12.2. The molecular weight excluding hydrogens is 359 g/mol. The minimum absolute atomic E-state index is 0.0918. The number of carbonyl (C=O) groups excluding carboxylic acids is 1. The molecule has 0 aliphatic carbocycles. The monoisotopic (exact) mass is 372 g/mol. The number of hydrogen-bond acceptors (Lipinski definition) is 3. The van der Waals surface area contributed by atoms with Gasteiger partial charge in [-0.2, -0.15) is 4.72 Å². The van der Waals surface area contributed by atoms with Gasteiger partial charge in [-0.05, 0) is 37.3 Å². The summed E-state index contributed by atoms with van der Waals surface area (Å²) >= 11 is 11.7. The Morgan fingerprint density at radius 2 is 1.70 bits per heavy atom. The van der Waals surface area contributed by atoms with E-state index < -0.39 is 22.0 Å². The second-order valence-corrected chi connectivity index (χ2v) is 7.30. The highest BCUT2D eigenvalue weighted by Gasteiger charge is 2.22. The smallest absolute Gasteiger partial charge is 0.242 e. The van der Waals surface area contributed by atoms with Crippen LogP contribution >= 0.6 is 23.2 Å². The van der Waals surface area contributed by atoms with Gasteiger partial charge in [-0.25, -0.2) is 8.42 Å². The summed E-state index contributed by atoms with van der Waals surface area (Å²) in [5.74, 6) is -0.511. The summed E-state index contributed by atoms with van der Waals surface area (Å²) in [6.45, 7) is 1.45. The van der Waals surface area contributed by atoms with Gasteiger partial charge in [0.25, 0.3) is 0 Å². The van der Waals surface area contributed by atoms with Crippen molar-refractivity contribution in [1.82, 2.24) is 4.72 Å². The molecule has 2 N–H and O–H groups in total. The summed E-state index contributed by atoms with van der Waals surface area (Å²) < 4.78 is 26.7. The lowest BCUT2D eigenvalue weighted by Gasteiger charge is -2.14. The first-order valence-electron chi connectivity index (χ1n) is 6.63. The first-order valence-corrected chi connectivity index (χ1v) is 8.87. The number of anilines is 1. The molecule has 8 heteroatoms. The van der Waals surface area contributed by atoms with Crippen LogP contribution in [0, 0.1) is 0 Å². The first-order chi connectivity index (χ1) is 10.8. The van der Waals surface area contributed by atoms with E-state index in [2.05, 4.69) is 10.0 Å². The fraction of sp³-hybridized carbons (Fsp3) is 0.133. The van der Waals surface area contributed by atoms with Gasteiger partial charge in [0.1, 0.15) is 0 Å². The van der Waals surface area contributed by atoms with Gasteiger partial charge in [-0.3, -0.25) is 4.79 Å². The molecule has 2 aromatic carbocycles. The van der Waals surface area contributed by atoms with Crippen molar-refractivity contribution in [1.29, 1.82) is 0 Å². The molecule has 0 radical (unpaired) electrons. The maximum absolute atomic E-state index is 12.2. The normalized spacial score (nSPS) is 12.7. The molecular formula is C15H14Cl2N2O3S. The zero-order valence-electron chi connectivity index (χ0n) is 12.1. The molecule has 1 atom stereocenters. The number of hydrogen-bond donors (Lipinski definition) is 2. The van der Waals surface area contributed by atoms with E-state index >= 15 is 0 Å². The molecule has 0 bridgehead atoms. The van der Waals surface area contributed by atoms with E-state index in [9.17, 15) is 13.2 Å². The second kappa shape index (κ2) is 7.31. The van der Waals surface area contributed by atoms with Crippen LogP contribution in [-0.4, -0.2) is 20.4 Å². The predicted octanol–water partition coefficient (Wildman–Crippen LogP) is 3.30. The van der Waals surface area contributed by atoms with Gasteiger partial charge in [-0.1, -0.05) is 41.4 Å². The molecule has 0 aliphatic rings. The Morgan fingerprint density at radius 1 is 1.04 bits per heavy atom. The molecule has 0 aliphatic heterocycles. The highest BCUT2D eigenvalue weighted by molar-refractivity contribution is 7.89. The number of benzene rings is 2. The summed E-state index contributed by atoms with van der Waals surface area (Å²) in [6.07, 6.45) is 0. The Bertz CT molecular complexity index is 811. The Labute approximate surface area is 144 Å². The van der Waals surface area contributed by atoms with E-state index in [1.54, 1.807) is 24.3 Å². The summed E-state index contributed by atoms with van der Waals surface area (Å²) in [7, 11) is -3.77. The number of amides is 1. The average molecular weight is 373 g/mol. The lowest BCUT2D eigenvalue weighted by Crippen LogP contribution is -2.41. The maximum Gasteiger partial charge on any atom is 0.242 e. The van der Waals surface area contributed by atoms with E-state index in [1.807, 2.05) is 0 Å². The van der Waals surface area contributed by atoms with Crippen LogP contribution in [0.1, 0.15) is 6.92 Å². The van der Waals surface area contributed by atoms with Crippen molar-refractivity contribution in [2.75, 3.05) is 5.32 Å². The van der Waals surface area contributed by atoms with Crippen LogP contribution in [-0.2, 0) is 14.8 Å². The number of nitrogens with one attached hydrogen (secondary N) is 2. The molecule has 23 heavy (non-hydrogen) atoms. The van der Waals surface area contributed by atoms with Crippen molar-refractivity contribution >= 4 is 44.8 Å². The summed E-state index contributed by atoms with van der Waals surface area (Å²) in [6, 6.07) is 11.5. The third-order valence-electron chi connectivity index (χ3n) is 2.97. The van der Waals surface area contributed by atoms with Crippen molar-refractivity contribution in [3.05, 3.63) is 58.6 Å². The molecule has 0 fully saturated rings. The largest absolute Gasteiger partial charge is 0.325 e. The summed E-state index contributed by atoms with van der Waals surface area (Å²) in [4.78, 5) is 12.2. The van der Waals surface area contributed by atoms with Crippen molar-refractivity contribution in [2.45, 2.75) is 17.9 Å². The molecule has 0 spiro atoms. The minimum atomic E-state index is -3.77. The quantitative estimate of drug-likeness (QED) is 0.845. The second-order valence-electron chi connectivity index (χ2n) is 4.77. The zero-order valence-corrected chi connectivity index (χ0v) is 14.4. The van der Waals surface area contributed by atoms with E-state index in [-0.39, 0.29) is 4.90 Å². The molecule has 0 heterocycles. The van der Waals surface area contributed by atoms with Crippen LogP contribution in [0.4, 0.5) is 5.69 Å². The van der Waals surface area contributed by atoms with Gasteiger partial charge in [0.2, 0.25) is 15.9 Å². The van der Waals surface area contributed by atoms with Crippen molar-refractivity contribution in [2.24, 2.45) is 0 Å². The highest BCUT2D eigenvalue weighted by atomic mass is 35.5. The van der Waals surface area contributed by atoms with E-state index in [4.69, 9.17) is 23.2 Å². The van der Waals surface area contributed by atoms with Crippen LogP contribution in [0.15, 0.2) is 53.4 Å². The number of rotatable bonds is 5. The Morgan fingerprint density at radius 3 is 2.30 bits per heavy atom. The van der Waals surface area contributed by atoms with Crippen LogP contribution in [0.3, 0.4) is 0 Å². The fourth-order valence-electron chi connectivity index (χ4n) is 1.78. The van der Waals surface area contributed by atoms with Gasteiger partial charge in [0, 0.05) is 5.69 Å². The topological polar surface area (TPSA) is 75.3 Å². The van der Waals surface area contributed by atoms with Gasteiger partial charge in [0.15, 0.2) is 0 Å². The van der Waals surface area contributed by atoms with Crippen LogP contribution in [0.2, 0.25) is 10.0 Å². The fourth-order valence-corrected chi connectivity index (χ4v) is 3.30. The van der Waals surface area contributed by atoms with Gasteiger partial charge >= 0.3 is 0 Å². The van der Waals surface area contributed by atoms with Crippen molar-refractivity contribution in [3.8, 4) is 0 Å². The van der Waals surface area contributed by atoms with Crippen LogP contribution in [0.5, 0.6) is 0 Å². The summed E-state index contributed by atoms with van der Waals surface area (Å²) in [5, 5.41) is 3.23. The third-order valence-corrected chi connectivity index (χ3v) is 5.26. The number of carbonyl (C=O) groups is 1. The van der Waals surface area contributed by atoms with Gasteiger partial charge < -0.3 is 5.32 Å². The number of halogens is 2. The first kappa shape index (κ1) is 17.7. The van der Waals surface area contributed by atoms with E-state index in [0.29, 0.717) is 15.7 Å². The number of sulfonamides is 1. The molecule has 2 aromatic rings. The third kappa shape index (κ3) is 4.68. The predicted molar refractivity (Wildman–Crippen MR) is 91.3 cm³/mol. The molecule has 0 saturated carbocycles. The van der Waals surface area contributed by atoms with Crippen LogP contribution < -0.4 is 10.0 Å². The van der Waals surface area contributed by atoms with Crippen molar-refractivity contribution < 1.29 is 13.2 Å². The molecule has 5 nitrogen and oxygen atoms in total. The standard InChI is InChI=1S/C15H14Cl2N2O3S/c1-10(19-23(21,22)12-5-3-2-4-6-12)15(20)18-11-7-8-13(16)14(17)9-11/h2-10,19H,1H3,(H,18,20). The Kier molecular flexibility index (Phi) is 5.64. The van der Waals surface area contributed by atoms with Gasteiger partial charge in [-0.15, -0.1) is 0 Å². The molecule has 122 valence electrons.